The lowest BCUT2D eigenvalue weighted by Crippen LogP contribution is -2.71. The molecule has 1 fully saturated rings. The number of Topliss-reactive ketones (excluding diaryl/α,β-unsaturated/α-hetero) is 4. The molecule has 0 saturated carbocycles. The third-order valence-corrected chi connectivity index (χ3v) is 11.8. The predicted molar refractivity (Wildman–Crippen MR) is 178 cm³/mol. The zero-order valence-electron chi connectivity index (χ0n) is 29.9. The second-order valence-corrected chi connectivity index (χ2v) is 15.0. The molecule has 0 aromatic heterocycles. The number of carbonyl (C=O) groups excluding carboxylic acids is 6. The van der Waals surface area contributed by atoms with Gasteiger partial charge in [0, 0.05) is 36.5 Å². The van der Waals surface area contributed by atoms with Crippen LogP contribution < -0.4 is 0 Å². The number of benzene rings is 2. The van der Waals surface area contributed by atoms with E-state index >= 15 is 0 Å². The zero-order chi connectivity index (χ0) is 39.6. The second-order valence-electron chi connectivity index (χ2n) is 15.0. The molecular weight excluding hydrogens is 712 g/mol. The Morgan fingerprint density at radius 3 is 2.13 bits per heavy atom. The fourth-order valence-corrected chi connectivity index (χ4v) is 9.92. The summed E-state index contributed by atoms with van der Waals surface area (Å²) in [5.41, 5.74) is -9.63. The van der Waals surface area contributed by atoms with Crippen molar-refractivity contribution in [2.45, 2.75) is 108 Å². The van der Waals surface area contributed by atoms with Crippen LogP contribution in [0.1, 0.15) is 131 Å². The van der Waals surface area contributed by atoms with Gasteiger partial charge in [-0.2, -0.15) is 0 Å². The molecule has 5 aliphatic rings. The number of aliphatic hydroxyl groups is 1. The third kappa shape index (κ3) is 4.75. The summed E-state index contributed by atoms with van der Waals surface area (Å²) in [5.74, 6) is -10.7. The van der Waals surface area contributed by atoms with Gasteiger partial charge in [-0.15, -0.1) is 0 Å². The molecule has 0 amide bonds. The van der Waals surface area contributed by atoms with E-state index in [1.807, 2.05) is 0 Å². The number of aliphatic carboxylic acids is 1. The number of carboxylic acids is 1. The van der Waals surface area contributed by atoms with Gasteiger partial charge in [0.15, 0.2) is 22.8 Å². The van der Waals surface area contributed by atoms with Crippen molar-refractivity contribution < 1.29 is 78.0 Å². The average molecular weight is 751 g/mol. The molecular formula is C38H38O16. The summed E-state index contributed by atoms with van der Waals surface area (Å²) in [5, 5.41) is 58.0. The number of phenols is 3. The number of esters is 2. The molecule has 2 unspecified atom stereocenters. The van der Waals surface area contributed by atoms with Gasteiger partial charge in [0.1, 0.15) is 23.0 Å². The second kappa shape index (κ2) is 12.2. The molecule has 5 N–H and O–H groups in total. The maximum Gasteiger partial charge on any atom is 0.308 e. The summed E-state index contributed by atoms with van der Waals surface area (Å²) in [6, 6.07) is 1.48. The van der Waals surface area contributed by atoms with Crippen LogP contribution in [0, 0.1) is 5.41 Å². The number of fused-ring (bicyclic) bond motifs is 10. The van der Waals surface area contributed by atoms with Crippen molar-refractivity contribution in [3.05, 3.63) is 50.6 Å². The predicted octanol–water partition coefficient (Wildman–Crippen LogP) is 2.59. The smallest absolute Gasteiger partial charge is 0.308 e. The Hall–Kier alpha value is -5.19. The van der Waals surface area contributed by atoms with Crippen LogP contribution in [0.5, 0.6) is 17.2 Å². The van der Waals surface area contributed by atoms with E-state index < -0.39 is 148 Å². The fraction of sp³-hybridized carbons (Fsp3) is 0.500. The molecule has 2 aromatic rings. The van der Waals surface area contributed by atoms with Gasteiger partial charge in [0.05, 0.1) is 78.0 Å². The third-order valence-electron chi connectivity index (χ3n) is 11.8. The number of carbonyl (C=O) groups is 7. The monoisotopic (exact) mass is 750 g/mol. The van der Waals surface area contributed by atoms with Crippen LogP contribution in [0.4, 0.5) is 0 Å². The van der Waals surface area contributed by atoms with Crippen molar-refractivity contribution in [2.75, 3.05) is 7.11 Å². The number of phenolic OH excluding ortho intramolecular Hbond substituents is 3. The summed E-state index contributed by atoms with van der Waals surface area (Å²) in [6.45, 7) is 4.97. The molecule has 2 heterocycles. The van der Waals surface area contributed by atoms with Crippen LogP contribution in [0.2, 0.25) is 0 Å². The van der Waals surface area contributed by atoms with Crippen molar-refractivity contribution in [3.63, 3.8) is 0 Å². The number of rotatable bonds is 7. The minimum atomic E-state index is -2.85. The molecule has 54 heavy (non-hydrogen) atoms. The lowest BCUT2D eigenvalue weighted by Gasteiger charge is -2.55. The van der Waals surface area contributed by atoms with Crippen molar-refractivity contribution in [1.82, 2.24) is 0 Å². The minimum absolute atomic E-state index is 0.0363. The van der Waals surface area contributed by atoms with Gasteiger partial charge in [0.2, 0.25) is 5.78 Å². The van der Waals surface area contributed by atoms with E-state index in [1.165, 1.54) is 20.1 Å². The number of aromatic hydroxyl groups is 3. The fourth-order valence-electron chi connectivity index (χ4n) is 9.92. The lowest BCUT2D eigenvalue weighted by molar-refractivity contribution is -0.204. The highest BCUT2D eigenvalue weighted by Crippen LogP contribution is 2.66. The summed E-state index contributed by atoms with van der Waals surface area (Å²) in [4.78, 5) is 93.7. The summed E-state index contributed by atoms with van der Waals surface area (Å²) >= 11 is 0. The van der Waals surface area contributed by atoms with Crippen molar-refractivity contribution in [2.24, 2.45) is 5.41 Å². The van der Waals surface area contributed by atoms with Crippen molar-refractivity contribution in [3.8, 4) is 17.2 Å². The molecule has 8 atom stereocenters. The van der Waals surface area contributed by atoms with E-state index in [4.69, 9.17) is 18.9 Å². The van der Waals surface area contributed by atoms with Gasteiger partial charge in [0.25, 0.3) is 0 Å². The molecule has 286 valence electrons. The normalized spacial score (nSPS) is 31.7. The molecule has 7 rings (SSSR count). The molecule has 0 spiro atoms. The van der Waals surface area contributed by atoms with Crippen LogP contribution in [-0.4, -0.2) is 97.6 Å². The standard InChI is InChI=1S/C38H38O16/c1-13(39)10-36-11-19(8-22(41)42)53-15(3)38(36,50)35(49)27-28(34(36)48)33(47)29-25(32(27)46)20-12-37(29,54-16(4)40)21-7-17-6-18(9-23(43)51-5)52-14(2)24(17)31(45)26(21)30(20)44/h7,14-15,18-20,45-47,50H,6,8-12H2,1-5H3,(H,41,42)/t14-,15-,18+,19-,20?,36+,37?,38+/m0/s1. The van der Waals surface area contributed by atoms with Crippen LogP contribution in [0.3, 0.4) is 0 Å². The summed E-state index contributed by atoms with van der Waals surface area (Å²) in [6.07, 6.45) is -7.04. The maximum absolute atomic E-state index is 15.0. The van der Waals surface area contributed by atoms with Gasteiger partial charge in [-0.1, -0.05) is 0 Å². The van der Waals surface area contributed by atoms with Crippen LogP contribution in [0.25, 0.3) is 0 Å². The lowest BCUT2D eigenvalue weighted by atomic mass is 9.52. The quantitative estimate of drug-likeness (QED) is 0.201. The summed E-state index contributed by atoms with van der Waals surface area (Å²) < 4.78 is 22.5. The van der Waals surface area contributed by atoms with Crippen LogP contribution >= 0.6 is 0 Å². The molecule has 2 aromatic carbocycles. The first-order valence-electron chi connectivity index (χ1n) is 17.4. The average Bonchev–Trinajstić information content (AvgIpc) is 3.37. The minimum Gasteiger partial charge on any atom is -0.507 e. The number of hydrogen-bond acceptors (Lipinski definition) is 15. The molecule has 16 heteroatoms. The van der Waals surface area contributed by atoms with E-state index in [1.54, 1.807) is 6.92 Å². The molecule has 16 nitrogen and oxygen atoms in total. The highest BCUT2D eigenvalue weighted by molar-refractivity contribution is 6.25. The zero-order valence-corrected chi connectivity index (χ0v) is 29.9. The van der Waals surface area contributed by atoms with E-state index in [9.17, 15) is 59.1 Å². The number of ether oxygens (including phenoxy) is 4. The molecule has 2 bridgehead atoms. The maximum atomic E-state index is 15.0. The van der Waals surface area contributed by atoms with E-state index in [2.05, 4.69) is 0 Å². The van der Waals surface area contributed by atoms with Gasteiger partial charge < -0.3 is 44.5 Å². The first-order chi connectivity index (χ1) is 25.2. The van der Waals surface area contributed by atoms with Gasteiger partial charge >= 0.3 is 17.9 Å². The van der Waals surface area contributed by atoms with Gasteiger partial charge in [-0.3, -0.25) is 33.6 Å². The van der Waals surface area contributed by atoms with Crippen molar-refractivity contribution in [1.29, 1.82) is 0 Å². The number of methoxy groups -OCH3 is 1. The highest BCUT2D eigenvalue weighted by atomic mass is 16.6. The Kier molecular flexibility index (Phi) is 8.36. The Balaban J connectivity index is 1.51. The molecule has 1 saturated heterocycles. The number of carboxylic acid groups (broad SMARTS) is 1. The topological polar surface area (TPSA) is 258 Å². The first-order valence-corrected chi connectivity index (χ1v) is 17.4. The van der Waals surface area contributed by atoms with Gasteiger partial charge in [-0.25, -0.2) is 0 Å². The van der Waals surface area contributed by atoms with Crippen LogP contribution in [0.15, 0.2) is 6.07 Å². The van der Waals surface area contributed by atoms with Crippen molar-refractivity contribution >= 4 is 41.0 Å². The Bertz CT molecular complexity index is 2130. The summed E-state index contributed by atoms with van der Waals surface area (Å²) in [7, 11) is 1.21. The first kappa shape index (κ1) is 37.1. The van der Waals surface area contributed by atoms with Crippen LogP contribution in [-0.2, 0) is 50.1 Å². The highest BCUT2D eigenvalue weighted by Gasteiger charge is 2.72. The molecule has 0 radical (unpaired) electrons. The van der Waals surface area contributed by atoms with E-state index in [0.29, 0.717) is 5.56 Å². The Morgan fingerprint density at radius 2 is 1.52 bits per heavy atom. The molecule has 2 aliphatic heterocycles. The number of hydrogen-bond donors (Lipinski definition) is 5. The van der Waals surface area contributed by atoms with E-state index in [0.717, 1.165) is 13.8 Å². The van der Waals surface area contributed by atoms with Gasteiger partial charge in [-0.05, 0) is 45.2 Å². The molecule has 3 aliphatic carbocycles. The Morgan fingerprint density at radius 1 is 0.870 bits per heavy atom. The van der Waals surface area contributed by atoms with E-state index in [-0.39, 0.29) is 35.1 Å². The number of ketones is 4. The Labute approximate surface area is 307 Å². The largest absolute Gasteiger partial charge is 0.507 e. The SMILES string of the molecule is COC(=O)C[C@H]1Cc2cc3c(c(O)c2[C@H](C)O1)C(=O)C1CC3(OC(C)=O)c2c(O)c3c(c(O)c21)C(=O)[C@]1(O)[C@H](C)O[C@@H](CC(=O)O)C[C@]1(CC(C)=O)C3=O.